The average Bonchev–Trinajstić information content (AvgIpc) is 3.05. The number of nitrogens with one attached hydrogen (secondary N) is 1. The lowest BCUT2D eigenvalue weighted by Crippen LogP contribution is -2.33. The van der Waals surface area contributed by atoms with Crippen LogP contribution in [0.25, 0.3) is 10.2 Å². The molecular formula is C18H16FN3O2S. The summed E-state index contributed by atoms with van der Waals surface area (Å²) in [5.74, 6) is -0.346. The number of fused-ring (bicyclic) bond motifs is 1. The summed E-state index contributed by atoms with van der Waals surface area (Å²) in [7, 11) is 0. The molecule has 0 fully saturated rings. The summed E-state index contributed by atoms with van der Waals surface area (Å²) in [5, 5.41) is 4.84. The Morgan fingerprint density at radius 2 is 1.96 bits per heavy atom. The van der Waals surface area contributed by atoms with E-state index in [2.05, 4.69) is 15.5 Å². The van der Waals surface area contributed by atoms with Crippen molar-refractivity contribution in [3.05, 3.63) is 59.4 Å². The van der Waals surface area contributed by atoms with Crippen LogP contribution >= 0.6 is 11.3 Å². The number of ether oxygens (including phenoxy) is 1. The Hall–Kier alpha value is -2.80. The molecule has 25 heavy (non-hydrogen) atoms. The fourth-order valence-electron chi connectivity index (χ4n) is 2.08. The van der Waals surface area contributed by atoms with Gasteiger partial charge in [0.25, 0.3) is 5.91 Å². The van der Waals surface area contributed by atoms with Gasteiger partial charge >= 0.3 is 0 Å². The zero-order chi connectivity index (χ0) is 17.8. The maximum Gasteiger partial charge on any atom is 0.280 e. The van der Waals surface area contributed by atoms with Crippen LogP contribution < -0.4 is 10.2 Å². The minimum atomic E-state index is -0.766. The molecular weight excluding hydrogens is 341 g/mol. The van der Waals surface area contributed by atoms with E-state index in [1.165, 1.54) is 35.6 Å². The van der Waals surface area contributed by atoms with Crippen LogP contribution in [0.4, 0.5) is 4.39 Å². The minimum absolute atomic E-state index is 0.361. The molecule has 2 aromatic carbocycles. The first-order valence-corrected chi connectivity index (χ1v) is 8.47. The van der Waals surface area contributed by atoms with Gasteiger partial charge in [-0.3, -0.25) is 4.79 Å². The fourth-order valence-corrected chi connectivity index (χ4v) is 2.99. The molecule has 1 atom stereocenters. The zero-order valence-corrected chi connectivity index (χ0v) is 14.5. The number of hydrazone groups is 1. The average molecular weight is 357 g/mol. The monoisotopic (exact) mass is 357 g/mol. The molecule has 128 valence electrons. The number of rotatable bonds is 5. The highest BCUT2D eigenvalue weighted by molar-refractivity contribution is 7.20. The predicted octanol–water partition coefficient (Wildman–Crippen LogP) is 3.74. The van der Waals surface area contributed by atoms with Gasteiger partial charge in [-0.05, 0) is 50.2 Å². The molecule has 0 unspecified atom stereocenters. The molecule has 3 aromatic rings. The van der Waals surface area contributed by atoms with Gasteiger partial charge in [0.2, 0.25) is 0 Å². The standard InChI is InChI=1S/C18H16FN3O2S/c1-11(18-20-15-5-3-4-6-16(15)25-18)21-22-17(23)12(2)24-14-9-7-13(19)8-10-14/h3-10,12H,1-2H3,(H,22,23)/b21-11-/t12-/m1/s1. The second-order valence-electron chi connectivity index (χ2n) is 5.37. The van der Waals surface area contributed by atoms with Crippen molar-refractivity contribution in [1.29, 1.82) is 0 Å². The smallest absolute Gasteiger partial charge is 0.280 e. The van der Waals surface area contributed by atoms with Crippen LogP contribution in [0.1, 0.15) is 18.9 Å². The number of halogens is 1. The van der Waals surface area contributed by atoms with Crippen LogP contribution in [-0.2, 0) is 4.79 Å². The molecule has 1 N–H and O–H groups in total. The molecule has 0 aliphatic carbocycles. The van der Waals surface area contributed by atoms with E-state index < -0.39 is 12.0 Å². The predicted molar refractivity (Wildman–Crippen MR) is 96.5 cm³/mol. The van der Waals surface area contributed by atoms with Crippen molar-refractivity contribution in [1.82, 2.24) is 10.4 Å². The van der Waals surface area contributed by atoms with Crippen molar-refractivity contribution in [2.24, 2.45) is 5.10 Å². The molecule has 0 spiro atoms. The van der Waals surface area contributed by atoms with Gasteiger partial charge in [-0.25, -0.2) is 14.8 Å². The number of hydrogen-bond acceptors (Lipinski definition) is 5. The molecule has 3 rings (SSSR count). The molecule has 0 aliphatic heterocycles. The van der Waals surface area contributed by atoms with Gasteiger partial charge in [-0.2, -0.15) is 5.10 Å². The molecule has 0 saturated carbocycles. The van der Waals surface area contributed by atoms with E-state index in [0.717, 1.165) is 15.2 Å². The van der Waals surface area contributed by atoms with Crippen molar-refractivity contribution >= 4 is 33.2 Å². The van der Waals surface area contributed by atoms with Gasteiger partial charge in [0.15, 0.2) is 6.10 Å². The maximum atomic E-state index is 12.9. The molecule has 7 heteroatoms. The second kappa shape index (κ2) is 7.40. The number of thiazole rings is 1. The molecule has 0 aliphatic rings. The molecule has 1 amide bonds. The lowest BCUT2D eigenvalue weighted by atomic mass is 10.3. The highest BCUT2D eigenvalue weighted by atomic mass is 32.1. The summed E-state index contributed by atoms with van der Waals surface area (Å²) >= 11 is 1.51. The third-order valence-electron chi connectivity index (χ3n) is 3.43. The largest absolute Gasteiger partial charge is 0.481 e. The molecule has 5 nitrogen and oxygen atoms in total. The minimum Gasteiger partial charge on any atom is -0.481 e. The highest BCUT2D eigenvalue weighted by Gasteiger charge is 2.15. The molecule has 1 heterocycles. The highest BCUT2D eigenvalue weighted by Crippen LogP contribution is 2.21. The molecule has 1 aromatic heterocycles. The van der Waals surface area contributed by atoms with Crippen LogP contribution in [0.3, 0.4) is 0 Å². The van der Waals surface area contributed by atoms with Crippen LogP contribution in [0.15, 0.2) is 53.6 Å². The van der Waals surface area contributed by atoms with E-state index in [4.69, 9.17) is 4.74 Å². The number of benzene rings is 2. The third-order valence-corrected chi connectivity index (χ3v) is 4.58. The van der Waals surface area contributed by atoms with E-state index in [1.54, 1.807) is 13.8 Å². The van der Waals surface area contributed by atoms with Crippen molar-refractivity contribution in [2.75, 3.05) is 0 Å². The number of amides is 1. The SMILES string of the molecule is C/C(=N/NC(=O)[C@@H](C)Oc1ccc(F)cc1)c1nc2ccccc2s1. The van der Waals surface area contributed by atoms with E-state index in [0.29, 0.717) is 11.5 Å². The Balaban J connectivity index is 1.63. The summed E-state index contributed by atoms with van der Waals surface area (Å²) in [5.41, 5.74) is 3.99. The lowest BCUT2D eigenvalue weighted by Gasteiger charge is -2.12. The first-order valence-electron chi connectivity index (χ1n) is 7.65. The normalized spacial score (nSPS) is 12.8. The first kappa shape index (κ1) is 17.0. The zero-order valence-electron chi connectivity index (χ0n) is 13.7. The molecule has 0 bridgehead atoms. The van der Waals surface area contributed by atoms with Crippen LogP contribution in [0.2, 0.25) is 0 Å². The Morgan fingerprint density at radius 1 is 1.24 bits per heavy atom. The van der Waals surface area contributed by atoms with Gasteiger partial charge in [0.05, 0.1) is 15.9 Å². The Bertz CT molecular complexity index is 888. The molecule has 0 saturated heterocycles. The summed E-state index contributed by atoms with van der Waals surface area (Å²) in [6.07, 6.45) is -0.766. The summed E-state index contributed by atoms with van der Waals surface area (Å²) in [6.45, 7) is 3.38. The Labute approximate surface area is 148 Å². The number of para-hydroxylation sites is 1. The summed E-state index contributed by atoms with van der Waals surface area (Å²) < 4.78 is 19.4. The second-order valence-corrected chi connectivity index (χ2v) is 6.40. The molecule has 0 radical (unpaired) electrons. The number of nitrogens with zero attached hydrogens (tertiary/aromatic N) is 2. The van der Waals surface area contributed by atoms with E-state index in [-0.39, 0.29) is 5.82 Å². The number of aromatic nitrogens is 1. The summed E-state index contributed by atoms with van der Waals surface area (Å²) in [4.78, 5) is 16.6. The summed E-state index contributed by atoms with van der Waals surface area (Å²) in [6, 6.07) is 13.3. The topological polar surface area (TPSA) is 63.6 Å². The number of hydrogen-bond donors (Lipinski definition) is 1. The first-order chi connectivity index (χ1) is 12.0. The van der Waals surface area contributed by atoms with Crippen LogP contribution in [-0.4, -0.2) is 22.7 Å². The van der Waals surface area contributed by atoms with Crippen molar-refractivity contribution < 1.29 is 13.9 Å². The number of carbonyl (C=O) groups excluding carboxylic acids is 1. The fraction of sp³-hybridized carbons (Fsp3) is 0.167. The Kier molecular flexibility index (Phi) is 5.04. The van der Waals surface area contributed by atoms with Crippen molar-refractivity contribution in [3.8, 4) is 5.75 Å². The van der Waals surface area contributed by atoms with Gasteiger partial charge < -0.3 is 4.74 Å². The van der Waals surface area contributed by atoms with Crippen LogP contribution in [0, 0.1) is 5.82 Å². The van der Waals surface area contributed by atoms with Crippen LogP contribution in [0.5, 0.6) is 5.75 Å². The Morgan fingerprint density at radius 3 is 2.68 bits per heavy atom. The van der Waals surface area contributed by atoms with Gasteiger partial charge in [0, 0.05) is 0 Å². The van der Waals surface area contributed by atoms with Gasteiger partial charge in [0.1, 0.15) is 16.6 Å². The van der Waals surface area contributed by atoms with Gasteiger partial charge in [-0.1, -0.05) is 12.1 Å². The maximum absolute atomic E-state index is 12.9. The van der Waals surface area contributed by atoms with Crippen molar-refractivity contribution in [2.45, 2.75) is 20.0 Å². The quantitative estimate of drug-likeness (QED) is 0.559. The van der Waals surface area contributed by atoms with E-state index >= 15 is 0 Å². The lowest BCUT2D eigenvalue weighted by molar-refractivity contribution is -0.127. The van der Waals surface area contributed by atoms with E-state index in [9.17, 15) is 9.18 Å². The van der Waals surface area contributed by atoms with Gasteiger partial charge in [-0.15, -0.1) is 11.3 Å². The number of carbonyl (C=O) groups is 1. The van der Waals surface area contributed by atoms with Crippen molar-refractivity contribution in [3.63, 3.8) is 0 Å². The third kappa shape index (κ3) is 4.19. The van der Waals surface area contributed by atoms with E-state index in [1.807, 2.05) is 24.3 Å².